The van der Waals surface area contributed by atoms with Crippen LogP contribution in [0.4, 0.5) is 4.39 Å². The molecule has 0 aliphatic heterocycles. The van der Waals surface area contributed by atoms with Crippen molar-refractivity contribution >= 4 is 0 Å². The summed E-state index contributed by atoms with van der Waals surface area (Å²) in [5, 5.41) is 8.66. The Morgan fingerprint density at radius 2 is 1.52 bits per heavy atom. The molecule has 132 valence electrons. The summed E-state index contributed by atoms with van der Waals surface area (Å²) in [7, 11) is 0. The first kappa shape index (κ1) is 17.9. The molecule has 0 N–H and O–H groups in total. The van der Waals surface area contributed by atoms with Gasteiger partial charge in [-0.3, -0.25) is 0 Å². The Hall–Kier alpha value is -1.88. The molecular formula is C23H28FN. The number of halogens is 1. The van der Waals surface area contributed by atoms with Crippen molar-refractivity contribution in [3.63, 3.8) is 0 Å². The lowest BCUT2D eigenvalue weighted by Crippen LogP contribution is -2.22. The molecule has 0 amide bonds. The summed E-state index contributed by atoms with van der Waals surface area (Å²) in [6.45, 7) is 4.48. The van der Waals surface area contributed by atoms with E-state index < -0.39 is 0 Å². The second kappa shape index (κ2) is 8.48. The summed E-state index contributed by atoms with van der Waals surface area (Å²) in [6.07, 6.45) is 13.3. The van der Waals surface area contributed by atoms with Crippen molar-refractivity contribution in [2.24, 2.45) is 17.8 Å². The number of nitrogens with zero attached hydrogens (tertiary/aromatic N) is 1. The van der Waals surface area contributed by atoms with Gasteiger partial charge in [0, 0.05) is 6.08 Å². The van der Waals surface area contributed by atoms with Crippen LogP contribution in [0.2, 0.25) is 0 Å². The van der Waals surface area contributed by atoms with E-state index in [0.717, 1.165) is 0 Å². The molecule has 2 saturated carbocycles. The monoisotopic (exact) mass is 337 g/mol. The van der Waals surface area contributed by atoms with Crippen LogP contribution in [-0.4, -0.2) is 0 Å². The maximum absolute atomic E-state index is 13.1. The van der Waals surface area contributed by atoms with Gasteiger partial charge >= 0.3 is 0 Å². The normalized spacial score (nSPS) is 30.1. The van der Waals surface area contributed by atoms with Gasteiger partial charge in [-0.1, -0.05) is 30.4 Å². The lowest BCUT2D eigenvalue weighted by atomic mass is 9.70. The van der Waals surface area contributed by atoms with Gasteiger partial charge in [-0.2, -0.15) is 5.26 Å². The smallest absolute Gasteiger partial charge is 0.123 e. The predicted molar refractivity (Wildman–Crippen MR) is 100 cm³/mol. The Morgan fingerprint density at radius 3 is 2.08 bits per heavy atom. The highest BCUT2D eigenvalue weighted by molar-refractivity contribution is 5.22. The fourth-order valence-electron chi connectivity index (χ4n) is 4.73. The summed E-state index contributed by atoms with van der Waals surface area (Å²) in [6, 6.07) is 9.17. The maximum Gasteiger partial charge on any atom is 0.123 e. The van der Waals surface area contributed by atoms with Crippen molar-refractivity contribution in [1.82, 2.24) is 0 Å². The van der Waals surface area contributed by atoms with E-state index >= 15 is 0 Å². The number of hydrogen-bond acceptors (Lipinski definition) is 1. The van der Waals surface area contributed by atoms with Crippen molar-refractivity contribution in [2.75, 3.05) is 0 Å². The first-order chi connectivity index (χ1) is 12.2. The summed E-state index contributed by atoms with van der Waals surface area (Å²) in [5.41, 5.74) is 2.76. The van der Waals surface area contributed by atoms with E-state index in [2.05, 4.69) is 18.7 Å². The zero-order valence-corrected chi connectivity index (χ0v) is 15.0. The molecule has 25 heavy (non-hydrogen) atoms. The third-order valence-corrected chi connectivity index (χ3v) is 6.33. The van der Waals surface area contributed by atoms with Crippen LogP contribution in [0.3, 0.4) is 0 Å². The van der Waals surface area contributed by atoms with Crippen molar-refractivity contribution in [1.29, 1.82) is 5.26 Å². The van der Waals surface area contributed by atoms with Gasteiger partial charge in [0.25, 0.3) is 0 Å². The standard InChI is InChI=1S/C23H28FN/c1-17(19-6-4-18(5-7-19)3-2-16-25)20-8-10-21(11-9-20)22-12-14-23(24)15-13-22/h2-3,12-15,18-21H,1,4-11H2/b3-2+/t18-,19-,20-,21-. The van der Waals surface area contributed by atoms with E-state index in [1.165, 1.54) is 62.5 Å². The number of hydrogen-bond donors (Lipinski definition) is 0. The fraction of sp³-hybridized carbons (Fsp3) is 0.522. The van der Waals surface area contributed by atoms with Gasteiger partial charge < -0.3 is 0 Å². The number of benzene rings is 1. The zero-order valence-electron chi connectivity index (χ0n) is 15.0. The zero-order chi connectivity index (χ0) is 17.6. The average Bonchev–Trinajstić information content (AvgIpc) is 2.67. The molecule has 0 heterocycles. The lowest BCUT2D eigenvalue weighted by Gasteiger charge is -2.35. The van der Waals surface area contributed by atoms with Gasteiger partial charge in [-0.25, -0.2) is 4.39 Å². The van der Waals surface area contributed by atoms with Crippen molar-refractivity contribution in [3.8, 4) is 6.07 Å². The minimum absolute atomic E-state index is 0.147. The van der Waals surface area contributed by atoms with Crippen LogP contribution in [0.5, 0.6) is 0 Å². The van der Waals surface area contributed by atoms with Crippen LogP contribution in [0.1, 0.15) is 62.8 Å². The first-order valence-corrected chi connectivity index (χ1v) is 9.67. The molecule has 2 aliphatic carbocycles. The molecule has 0 atom stereocenters. The minimum atomic E-state index is -0.147. The highest BCUT2D eigenvalue weighted by atomic mass is 19.1. The van der Waals surface area contributed by atoms with E-state index in [1.54, 1.807) is 18.2 Å². The van der Waals surface area contributed by atoms with Crippen LogP contribution in [0, 0.1) is 34.9 Å². The Balaban J connectivity index is 1.48. The predicted octanol–water partition coefficient (Wildman–Crippen LogP) is 6.54. The molecule has 0 aromatic heterocycles. The van der Waals surface area contributed by atoms with Gasteiger partial charge in [0.2, 0.25) is 0 Å². The highest BCUT2D eigenvalue weighted by Crippen LogP contribution is 2.43. The third-order valence-electron chi connectivity index (χ3n) is 6.33. The van der Waals surface area contributed by atoms with Gasteiger partial charge in [-0.15, -0.1) is 0 Å². The SMILES string of the molecule is C=C([C@H]1CC[C@H](/C=C/C#N)CC1)[C@H]1CC[C@H](c2ccc(F)cc2)CC1. The van der Waals surface area contributed by atoms with Crippen LogP contribution >= 0.6 is 0 Å². The third kappa shape index (κ3) is 4.60. The fourth-order valence-corrected chi connectivity index (χ4v) is 4.73. The molecular weight excluding hydrogens is 309 g/mol. The molecule has 1 aromatic carbocycles. The van der Waals surface area contributed by atoms with E-state index in [9.17, 15) is 4.39 Å². The second-order valence-corrected chi connectivity index (χ2v) is 7.77. The summed E-state index contributed by atoms with van der Waals surface area (Å²) in [5.74, 6) is 2.34. The second-order valence-electron chi connectivity index (χ2n) is 7.77. The van der Waals surface area contributed by atoms with E-state index in [0.29, 0.717) is 23.7 Å². The maximum atomic E-state index is 13.1. The Morgan fingerprint density at radius 1 is 0.960 bits per heavy atom. The summed E-state index contributed by atoms with van der Waals surface area (Å²) in [4.78, 5) is 0. The topological polar surface area (TPSA) is 23.8 Å². The Labute approximate surface area is 151 Å². The van der Waals surface area contributed by atoms with Crippen molar-refractivity contribution in [3.05, 3.63) is 60.0 Å². The number of rotatable bonds is 4. The molecule has 0 spiro atoms. The molecule has 2 aliphatic rings. The number of nitriles is 1. The summed E-state index contributed by atoms with van der Waals surface area (Å²) < 4.78 is 13.1. The Bertz CT molecular complexity index is 636. The molecule has 0 radical (unpaired) electrons. The molecule has 3 rings (SSSR count). The first-order valence-electron chi connectivity index (χ1n) is 9.67. The largest absolute Gasteiger partial charge is 0.207 e. The Kier molecular flexibility index (Phi) is 6.08. The van der Waals surface area contributed by atoms with E-state index in [1.807, 2.05) is 12.1 Å². The van der Waals surface area contributed by atoms with E-state index in [4.69, 9.17) is 5.26 Å². The summed E-state index contributed by atoms with van der Waals surface area (Å²) >= 11 is 0. The van der Waals surface area contributed by atoms with Crippen molar-refractivity contribution in [2.45, 2.75) is 57.3 Å². The molecule has 0 saturated heterocycles. The molecule has 0 bridgehead atoms. The van der Waals surface area contributed by atoms with Gasteiger partial charge in [0.1, 0.15) is 5.82 Å². The molecule has 1 aromatic rings. The molecule has 1 nitrogen and oxygen atoms in total. The van der Waals surface area contributed by atoms with Crippen LogP contribution in [0.15, 0.2) is 48.6 Å². The van der Waals surface area contributed by atoms with Gasteiger partial charge in [0.15, 0.2) is 0 Å². The quantitative estimate of drug-likeness (QED) is 0.452. The van der Waals surface area contributed by atoms with Gasteiger partial charge in [-0.05, 0) is 92.7 Å². The van der Waals surface area contributed by atoms with Crippen LogP contribution < -0.4 is 0 Å². The number of allylic oxidation sites excluding steroid dienone is 3. The highest BCUT2D eigenvalue weighted by Gasteiger charge is 2.29. The molecule has 2 fully saturated rings. The van der Waals surface area contributed by atoms with Crippen LogP contribution in [-0.2, 0) is 0 Å². The van der Waals surface area contributed by atoms with Crippen molar-refractivity contribution < 1.29 is 4.39 Å². The van der Waals surface area contributed by atoms with E-state index in [-0.39, 0.29) is 5.82 Å². The minimum Gasteiger partial charge on any atom is -0.207 e. The lowest BCUT2D eigenvalue weighted by molar-refractivity contribution is 0.290. The average molecular weight is 337 g/mol. The molecule has 2 heteroatoms. The van der Waals surface area contributed by atoms with Gasteiger partial charge in [0.05, 0.1) is 6.07 Å². The van der Waals surface area contributed by atoms with Crippen LogP contribution in [0.25, 0.3) is 0 Å². The molecule has 0 unspecified atom stereocenters.